The van der Waals surface area contributed by atoms with Crippen molar-refractivity contribution in [3.05, 3.63) is 29.8 Å². The van der Waals surface area contributed by atoms with Crippen LogP contribution in [0.4, 0.5) is 5.69 Å². The zero-order valence-corrected chi connectivity index (χ0v) is 12.1. The molecule has 0 aliphatic carbocycles. The maximum absolute atomic E-state index is 12.1. The minimum Gasteiger partial charge on any atom is -0.325 e. The number of carbonyl (C=O) groups excluding carboxylic acids is 1. The van der Waals surface area contributed by atoms with Gasteiger partial charge < -0.3 is 5.32 Å². The molecule has 1 aliphatic heterocycles. The number of likely N-dealkylation sites (tertiary alicyclic amines) is 1. The quantitative estimate of drug-likeness (QED) is 0.906. The number of aryl methyl sites for hydroxylation is 1. The first kappa shape index (κ1) is 14.1. The van der Waals surface area contributed by atoms with Crippen LogP contribution in [0.3, 0.4) is 0 Å². The molecule has 1 amide bonds. The van der Waals surface area contributed by atoms with E-state index in [1.54, 1.807) is 0 Å². The Morgan fingerprint density at radius 1 is 1.32 bits per heavy atom. The van der Waals surface area contributed by atoms with Gasteiger partial charge in [0.25, 0.3) is 0 Å². The maximum atomic E-state index is 12.1. The third-order valence-electron chi connectivity index (χ3n) is 3.61. The summed E-state index contributed by atoms with van der Waals surface area (Å²) >= 11 is 0. The summed E-state index contributed by atoms with van der Waals surface area (Å²) in [6.45, 7) is 9.13. The van der Waals surface area contributed by atoms with Crippen molar-refractivity contribution in [3.63, 3.8) is 0 Å². The predicted octanol–water partition coefficient (Wildman–Crippen LogP) is 2.91. The zero-order valence-electron chi connectivity index (χ0n) is 12.1. The number of rotatable bonds is 3. The van der Waals surface area contributed by atoms with Crippen molar-refractivity contribution < 1.29 is 4.79 Å². The van der Waals surface area contributed by atoms with Crippen molar-refractivity contribution in [2.24, 2.45) is 11.8 Å². The minimum absolute atomic E-state index is 0.0897. The van der Waals surface area contributed by atoms with Crippen molar-refractivity contribution in [3.8, 4) is 0 Å². The topological polar surface area (TPSA) is 32.3 Å². The number of amides is 1. The van der Waals surface area contributed by atoms with Crippen molar-refractivity contribution in [2.45, 2.75) is 27.2 Å². The highest BCUT2D eigenvalue weighted by Gasteiger charge is 2.23. The number of hydrogen-bond acceptors (Lipinski definition) is 2. The van der Waals surface area contributed by atoms with Gasteiger partial charge in [0.05, 0.1) is 6.54 Å². The van der Waals surface area contributed by atoms with Gasteiger partial charge in [-0.3, -0.25) is 9.69 Å². The molecule has 0 saturated carbocycles. The summed E-state index contributed by atoms with van der Waals surface area (Å²) in [6, 6.07) is 7.94. The number of piperidine rings is 1. The van der Waals surface area contributed by atoms with Crippen molar-refractivity contribution >= 4 is 11.6 Å². The summed E-state index contributed by atoms with van der Waals surface area (Å²) < 4.78 is 0. The van der Waals surface area contributed by atoms with E-state index in [1.807, 2.05) is 31.2 Å². The Bertz CT molecular complexity index is 434. The van der Waals surface area contributed by atoms with Gasteiger partial charge in [0.2, 0.25) is 5.91 Å². The zero-order chi connectivity index (χ0) is 13.8. The molecular weight excluding hydrogens is 236 g/mol. The van der Waals surface area contributed by atoms with Crippen molar-refractivity contribution in [1.82, 2.24) is 4.90 Å². The van der Waals surface area contributed by atoms with Crippen LogP contribution in [0, 0.1) is 18.8 Å². The van der Waals surface area contributed by atoms with E-state index in [0.29, 0.717) is 18.4 Å². The lowest BCUT2D eigenvalue weighted by Crippen LogP contribution is -2.42. The summed E-state index contributed by atoms with van der Waals surface area (Å²) in [6.07, 6.45) is 1.27. The monoisotopic (exact) mass is 260 g/mol. The maximum Gasteiger partial charge on any atom is 0.238 e. The average Bonchev–Trinajstić information content (AvgIpc) is 2.26. The van der Waals surface area contributed by atoms with E-state index in [9.17, 15) is 4.79 Å². The lowest BCUT2D eigenvalue weighted by molar-refractivity contribution is -0.117. The highest BCUT2D eigenvalue weighted by molar-refractivity contribution is 5.92. The molecule has 3 heteroatoms. The molecule has 2 rings (SSSR count). The second-order valence-electron chi connectivity index (χ2n) is 6.06. The number of hydrogen-bond donors (Lipinski definition) is 1. The Labute approximate surface area is 116 Å². The molecule has 0 aromatic heterocycles. The largest absolute Gasteiger partial charge is 0.325 e. The van der Waals surface area contributed by atoms with E-state index >= 15 is 0 Å². The molecule has 0 spiro atoms. The van der Waals surface area contributed by atoms with Crippen LogP contribution in [0.5, 0.6) is 0 Å². The molecule has 1 aromatic rings. The number of nitrogens with one attached hydrogen (secondary N) is 1. The van der Waals surface area contributed by atoms with E-state index in [-0.39, 0.29) is 5.91 Å². The van der Waals surface area contributed by atoms with Gasteiger partial charge in [-0.05, 0) is 42.9 Å². The van der Waals surface area contributed by atoms with E-state index in [2.05, 4.69) is 24.1 Å². The molecule has 19 heavy (non-hydrogen) atoms. The smallest absolute Gasteiger partial charge is 0.238 e. The first-order chi connectivity index (χ1) is 9.02. The van der Waals surface area contributed by atoms with Crippen LogP contribution in [-0.4, -0.2) is 30.4 Å². The fourth-order valence-corrected chi connectivity index (χ4v) is 3.05. The Balaban J connectivity index is 1.87. The SMILES string of the molecule is Cc1cccc(NC(=O)CN2C[C@H](C)C[C@@H](C)C2)c1. The molecule has 2 atom stereocenters. The molecule has 104 valence electrons. The first-order valence-corrected chi connectivity index (χ1v) is 7.12. The number of benzene rings is 1. The van der Waals surface area contributed by atoms with Crippen LogP contribution >= 0.6 is 0 Å². The second kappa shape index (κ2) is 6.20. The standard InChI is InChI=1S/C16H24N2O/c1-12-5-4-6-15(8-12)17-16(19)11-18-9-13(2)7-14(3)10-18/h4-6,8,13-14H,7,9-11H2,1-3H3,(H,17,19)/t13-,14-/m1/s1. The van der Waals surface area contributed by atoms with Gasteiger partial charge in [-0.2, -0.15) is 0 Å². The van der Waals surface area contributed by atoms with E-state index in [1.165, 1.54) is 6.42 Å². The van der Waals surface area contributed by atoms with Gasteiger partial charge in [-0.1, -0.05) is 26.0 Å². The Morgan fingerprint density at radius 2 is 2.00 bits per heavy atom. The van der Waals surface area contributed by atoms with Crippen LogP contribution in [0.15, 0.2) is 24.3 Å². The van der Waals surface area contributed by atoms with E-state index < -0.39 is 0 Å². The van der Waals surface area contributed by atoms with Crippen molar-refractivity contribution in [2.75, 3.05) is 25.0 Å². The third kappa shape index (κ3) is 4.35. The Hall–Kier alpha value is -1.35. The van der Waals surface area contributed by atoms with Crippen LogP contribution in [0.25, 0.3) is 0 Å². The van der Waals surface area contributed by atoms with Crippen molar-refractivity contribution in [1.29, 1.82) is 0 Å². The number of nitrogens with zero attached hydrogens (tertiary/aromatic N) is 1. The molecule has 3 nitrogen and oxygen atoms in total. The molecule has 0 radical (unpaired) electrons. The van der Waals surface area contributed by atoms with Gasteiger partial charge in [0.15, 0.2) is 0 Å². The van der Waals surface area contributed by atoms with Crippen LogP contribution in [0.2, 0.25) is 0 Å². The second-order valence-corrected chi connectivity index (χ2v) is 6.06. The molecular formula is C16H24N2O. The molecule has 1 heterocycles. The first-order valence-electron chi connectivity index (χ1n) is 7.12. The van der Waals surface area contributed by atoms with Gasteiger partial charge in [-0.25, -0.2) is 0 Å². The molecule has 1 saturated heterocycles. The molecule has 1 aromatic carbocycles. The molecule has 0 bridgehead atoms. The number of carbonyl (C=O) groups is 1. The summed E-state index contributed by atoms with van der Waals surface area (Å²) in [5, 5.41) is 2.98. The molecule has 1 fully saturated rings. The molecule has 1 N–H and O–H groups in total. The van der Waals surface area contributed by atoms with E-state index in [0.717, 1.165) is 24.3 Å². The predicted molar refractivity (Wildman–Crippen MR) is 79.2 cm³/mol. The fourth-order valence-electron chi connectivity index (χ4n) is 3.05. The highest BCUT2D eigenvalue weighted by Crippen LogP contribution is 2.20. The summed E-state index contributed by atoms with van der Waals surface area (Å²) in [7, 11) is 0. The summed E-state index contributed by atoms with van der Waals surface area (Å²) in [5.74, 6) is 1.47. The summed E-state index contributed by atoms with van der Waals surface area (Å²) in [5.41, 5.74) is 2.06. The minimum atomic E-state index is 0.0897. The highest BCUT2D eigenvalue weighted by atomic mass is 16.2. The van der Waals surface area contributed by atoms with Gasteiger partial charge in [0.1, 0.15) is 0 Å². The molecule has 0 unspecified atom stereocenters. The van der Waals surface area contributed by atoms with Gasteiger partial charge in [0, 0.05) is 18.8 Å². The fraction of sp³-hybridized carbons (Fsp3) is 0.562. The van der Waals surface area contributed by atoms with Crippen LogP contribution in [-0.2, 0) is 4.79 Å². The Morgan fingerprint density at radius 3 is 2.63 bits per heavy atom. The molecule has 1 aliphatic rings. The summed E-state index contributed by atoms with van der Waals surface area (Å²) in [4.78, 5) is 14.3. The van der Waals surface area contributed by atoms with Crippen LogP contribution in [0.1, 0.15) is 25.8 Å². The number of anilines is 1. The average molecular weight is 260 g/mol. The normalized spacial score (nSPS) is 24.2. The third-order valence-corrected chi connectivity index (χ3v) is 3.61. The van der Waals surface area contributed by atoms with Gasteiger partial charge >= 0.3 is 0 Å². The Kier molecular flexibility index (Phi) is 4.59. The van der Waals surface area contributed by atoms with Crippen LogP contribution < -0.4 is 5.32 Å². The lowest BCUT2D eigenvalue weighted by atomic mass is 9.92. The lowest BCUT2D eigenvalue weighted by Gasteiger charge is -2.34. The van der Waals surface area contributed by atoms with Gasteiger partial charge in [-0.15, -0.1) is 0 Å². The van der Waals surface area contributed by atoms with E-state index in [4.69, 9.17) is 0 Å².